The van der Waals surface area contributed by atoms with Crippen LogP contribution >= 0.6 is 34.8 Å². The van der Waals surface area contributed by atoms with Crippen LogP contribution in [0.15, 0.2) is 54.1 Å². The lowest BCUT2D eigenvalue weighted by Crippen LogP contribution is -2.54. The van der Waals surface area contributed by atoms with E-state index in [1.54, 1.807) is 30.3 Å². The molecule has 26 heavy (non-hydrogen) atoms. The predicted molar refractivity (Wildman–Crippen MR) is 113 cm³/mol. The van der Waals surface area contributed by atoms with Crippen molar-refractivity contribution in [3.63, 3.8) is 0 Å². The minimum Gasteiger partial charge on any atom is -0.494 e. The van der Waals surface area contributed by atoms with Gasteiger partial charge in [0.2, 0.25) is 0 Å². The average molecular weight is 478 g/mol. The number of carbonyl (C=O) groups excluding carboxylic acids is 2. The van der Waals surface area contributed by atoms with Crippen molar-refractivity contribution in [2.45, 2.75) is 6.92 Å². The van der Waals surface area contributed by atoms with Crippen LogP contribution in [0, 0.1) is 3.57 Å². The molecule has 2 aromatic rings. The number of rotatable bonds is 4. The van der Waals surface area contributed by atoms with E-state index in [-0.39, 0.29) is 10.7 Å². The lowest BCUT2D eigenvalue weighted by molar-refractivity contribution is -0.122. The van der Waals surface area contributed by atoms with Gasteiger partial charge in [0.15, 0.2) is 5.11 Å². The third-order valence-corrected chi connectivity index (χ3v) is 4.62. The molecule has 1 fully saturated rings. The zero-order valence-corrected chi connectivity index (χ0v) is 16.8. The molecule has 0 atom stereocenters. The van der Waals surface area contributed by atoms with Crippen molar-refractivity contribution in [3.05, 3.63) is 63.2 Å². The third-order valence-electron chi connectivity index (χ3n) is 3.67. The monoisotopic (exact) mass is 478 g/mol. The average Bonchev–Trinajstić information content (AvgIpc) is 2.60. The summed E-state index contributed by atoms with van der Waals surface area (Å²) < 4.78 is 6.43. The Balaban J connectivity index is 1.95. The second-order valence-electron chi connectivity index (χ2n) is 5.44. The third kappa shape index (κ3) is 3.94. The topological polar surface area (TPSA) is 58.6 Å². The molecule has 0 bridgehead atoms. The summed E-state index contributed by atoms with van der Waals surface area (Å²) in [6.07, 6.45) is 1.57. The quantitative estimate of drug-likeness (QED) is 0.316. The minimum atomic E-state index is -0.499. The number of hydrogen-bond donors (Lipinski definition) is 1. The van der Waals surface area contributed by atoms with Crippen LogP contribution in [0.1, 0.15) is 12.5 Å². The van der Waals surface area contributed by atoms with Gasteiger partial charge in [0.1, 0.15) is 11.3 Å². The number of hydrogen-bond acceptors (Lipinski definition) is 4. The van der Waals surface area contributed by atoms with Gasteiger partial charge in [-0.05, 0) is 89.8 Å². The van der Waals surface area contributed by atoms with Crippen LogP contribution in [-0.4, -0.2) is 23.5 Å². The summed E-state index contributed by atoms with van der Waals surface area (Å²) in [6, 6.07) is 14.5. The maximum absolute atomic E-state index is 12.9. The van der Waals surface area contributed by atoms with Gasteiger partial charge in [0.05, 0.1) is 12.3 Å². The first-order chi connectivity index (χ1) is 12.5. The molecule has 3 rings (SSSR count). The molecule has 1 saturated heterocycles. The van der Waals surface area contributed by atoms with Crippen LogP contribution in [0.3, 0.4) is 0 Å². The summed E-state index contributed by atoms with van der Waals surface area (Å²) in [5.41, 5.74) is 1.38. The molecule has 2 aromatic carbocycles. The SMILES string of the molecule is CCOc1ccc(N2C(=O)C(=Cc3cccc(I)c3)C(=O)NC2=S)cc1. The highest BCUT2D eigenvalue weighted by Gasteiger charge is 2.34. The van der Waals surface area contributed by atoms with Crippen molar-refractivity contribution < 1.29 is 14.3 Å². The fraction of sp³-hybridized carbons (Fsp3) is 0.105. The molecule has 1 N–H and O–H groups in total. The van der Waals surface area contributed by atoms with Gasteiger partial charge < -0.3 is 4.74 Å². The van der Waals surface area contributed by atoms with Gasteiger partial charge in [-0.2, -0.15) is 0 Å². The fourth-order valence-electron chi connectivity index (χ4n) is 2.51. The van der Waals surface area contributed by atoms with Crippen molar-refractivity contribution in [1.29, 1.82) is 0 Å². The molecule has 0 unspecified atom stereocenters. The zero-order chi connectivity index (χ0) is 18.7. The fourth-order valence-corrected chi connectivity index (χ4v) is 3.36. The molecule has 5 nitrogen and oxygen atoms in total. The number of carbonyl (C=O) groups is 2. The lowest BCUT2D eigenvalue weighted by Gasteiger charge is -2.29. The van der Waals surface area contributed by atoms with Gasteiger partial charge in [-0.25, -0.2) is 0 Å². The van der Waals surface area contributed by atoms with Crippen LogP contribution in [0.5, 0.6) is 5.75 Å². The Kier molecular flexibility index (Phi) is 5.67. The summed E-state index contributed by atoms with van der Waals surface area (Å²) in [5.74, 6) is -0.256. The number of ether oxygens (including phenoxy) is 1. The van der Waals surface area contributed by atoms with Crippen molar-refractivity contribution in [2.24, 2.45) is 0 Å². The molecule has 0 aliphatic carbocycles. The molecule has 1 aliphatic heterocycles. The second-order valence-corrected chi connectivity index (χ2v) is 7.07. The largest absolute Gasteiger partial charge is 0.494 e. The first-order valence-corrected chi connectivity index (χ1v) is 9.38. The van der Waals surface area contributed by atoms with Crippen molar-refractivity contribution in [1.82, 2.24) is 5.32 Å². The summed E-state index contributed by atoms with van der Waals surface area (Å²) in [6.45, 7) is 2.45. The van der Waals surface area contributed by atoms with E-state index in [1.807, 2.05) is 31.2 Å². The molecular formula is C19H15IN2O3S. The molecule has 0 saturated carbocycles. The highest BCUT2D eigenvalue weighted by Crippen LogP contribution is 2.24. The summed E-state index contributed by atoms with van der Waals surface area (Å²) >= 11 is 7.38. The Morgan fingerprint density at radius 2 is 1.92 bits per heavy atom. The normalized spacial score (nSPS) is 16.0. The van der Waals surface area contributed by atoms with E-state index >= 15 is 0 Å². The highest BCUT2D eigenvalue weighted by molar-refractivity contribution is 14.1. The lowest BCUT2D eigenvalue weighted by atomic mass is 10.1. The van der Waals surface area contributed by atoms with Crippen molar-refractivity contribution in [2.75, 3.05) is 11.5 Å². The number of thiocarbonyl (C=S) groups is 1. The molecule has 0 spiro atoms. The predicted octanol–water partition coefficient (Wildman–Crippen LogP) is 3.52. The number of anilines is 1. The van der Waals surface area contributed by atoms with Gasteiger partial charge in [0, 0.05) is 3.57 Å². The van der Waals surface area contributed by atoms with Gasteiger partial charge in [-0.1, -0.05) is 12.1 Å². The maximum atomic E-state index is 12.9. The molecule has 2 amide bonds. The molecule has 7 heteroatoms. The van der Waals surface area contributed by atoms with Crippen LogP contribution in [-0.2, 0) is 9.59 Å². The summed E-state index contributed by atoms with van der Waals surface area (Å²) in [7, 11) is 0. The van der Waals surface area contributed by atoms with E-state index in [1.165, 1.54) is 4.90 Å². The Hall–Kier alpha value is -2.26. The molecular weight excluding hydrogens is 463 g/mol. The van der Waals surface area contributed by atoms with Gasteiger partial charge in [-0.3, -0.25) is 19.8 Å². The first-order valence-electron chi connectivity index (χ1n) is 7.89. The minimum absolute atomic E-state index is 0.0366. The number of nitrogens with one attached hydrogen (secondary N) is 1. The van der Waals surface area contributed by atoms with E-state index in [9.17, 15) is 9.59 Å². The number of halogens is 1. The van der Waals surface area contributed by atoms with Crippen LogP contribution in [0.4, 0.5) is 5.69 Å². The Bertz CT molecular complexity index is 909. The first kappa shape index (κ1) is 18.5. The van der Waals surface area contributed by atoms with E-state index in [0.717, 1.165) is 9.13 Å². The second kappa shape index (κ2) is 7.96. The Morgan fingerprint density at radius 1 is 1.19 bits per heavy atom. The molecule has 132 valence electrons. The van der Waals surface area contributed by atoms with Gasteiger partial charge in [0.25, 0.3) is 11.8 Å². The van der Waals surface area contributed by atoms with Crippen LogP contribution in [0.25, 0.3) is 6.08 Å². The van der Waals surface area contributed by atoms with E-state index < -0.39 is 11.8 Å². The van der Waals surface area contributed by atoms with Crippen LogP contribution < -0.4 is 15.0 Å². The van der Waals surface area contributed by atoms with Crippen molar-refractivity contribution in [3.8, 4) is 5.75 Å². The summed E-state index contributed by atoms with van der Waals surface area (Å²) in [5, 5.41) is 2.64. The Morgan fingerprint density at radius 3 is 2.58 bits per heavy atom. The standard InChI is InChI=1S/C19H15IN2O3S/c1-2-25-15-8-6-14(7-9-15)22-18(24)16(17(23)21-19(22)26)11-12-4-3-5-13(20)10-12/h3-11H,2H2,1H3,(H,21,23,26). The zero-order valence-electron chi connectivity index (χ0n) is 13.9. The number of amides is 2. The highest BCUT2D eigenvalue weighted by atomic mass is 127. The molecule has 1 aliphatic rings. The molecule has 0 radical (unpaired) electrons. The van der Waals surface area contributed by atoms with Gasteiger partial charge >= 0.3 is 0 Å². The Labute approximate surface area is 170 Å². The van der Waals surface area contributed by atoms with E-state index in [4.69, 9.17) is 17.0 Å². The van der Waals surface area contributed by atoms with Crippen LogP contribution in [0.2, 0.25) is 0 Å². The maximum Gasteiger partial charge on any atom is 0.270 e. The molecule has 1 heterocycles. The number of nitrogens with zero attached hydrogens (tertiary/aromatic N) is 1. The van der Waals surface area contributed by atoms with Crippen molar-refractivity contribution >= 4 is 63.5 Å². The molecule has 0 aromatic heterocycles. The van der Waals surface area contributed by atoms with E-state index in [0.29, 0.717) is 18.0 Å². The smallest absolute Gasteiger partial charge is 0.270 e. The van der Waals surface area contributed by atoms with E-state index in [2.05, 4.69) is 27.9 Å². The van der Waals surface area contributed by atoms with Gasteiger partial charge in [-0.15, -0.1) is 0 Å². The summed E-state index contributed by atoms with van der Waals surface area (Å²) in [4.78, 5) is 26.5. The number of benzene rings is 2.